The van der Waals surface area contributed by atoms with Crippen LogP contribution in [0.5, 0.6) is 0 Å². The first kappa shape index (κ1) is 13.8. The van der Waals surface area contributed by atoms with Crippen molar-refractivity contribution in [3.63, 3.8) is 0 Å². The van der Waals surface area contributed by atoms with Crippen molar-refractivity contribution in [2.45, 2.75) is 25.3 Å². The summed E-state index contributed by atoms with van der Waals surface area (Å²) in [5, 5.41) is 22.0. The molecule has 19 heavy (non-hydrogen) atoms. The standard InChI is InChI=1S/C13H18N2O4/c1-9-6-11(10(7-14-9)12(17)18)15-13(8-16)2-4-19-5-3-13/h6-7,16H,2-5,8H2,1H3,(H,14,15)(H,17,18). The van der Waals surface area contributed by atoms with Gasteiger partial charge >= 0.3 is 5.97 Å². The molecule has 0 aromatic carbocycles. The van der Waals surface area contributed by atoms with Crippen molar-refractivity contribution >= 4 is 11.7 Å². The maximum absolute atomic E-state index is 11.2. The molecule has 1 aliphatic heterocycles. The zero-order valence-electron chi connectivity index (χ0n) is 10.8. The molecule has 1 fully saturated rings. The topological polar surface area (TPSA) is 91.7 Å². The highest BCUT2D eigenvalue weighted by atomic mass is 16.5. The molecule has 6 heteroatoms. The molecule has 1 aromatic heterocycles. The van der Waals surface area contributed by atoms with E-state index in [1.54, 1.807) is 13.0 Å². The largest absolute Gasteiger partial charge is 0.478 e. The molecule has 104 valence electrons. The number of nitrogens with zero attached hydrogens (tertiary/aromatic N) is 1. The van der Waals surface area contributed by atoms with Gasteiger partial charge in [0.05, 0.1) is 17.8 Å². The molecule has 0 amide bonds. The Kier molecular flexibility index (Phi) is 4.01. The zero-order chi connectivity index (χ0) is 13.9. The third-order valence-corrected chi connectivity index (χ3v) is 3.42. The van der Waals surface area contributed by atoms with E-state index in [4.69, 9.17) is 4.74 Å². The molecule has 0 atom stereocenters. The molecule has 0 saturated carbocycles. The van der Waals surface area contributed by atoms with Crippen LogP contribution in [-0.2, 0) is 4.74 Å². The summed E-state index contributed by atoms with van der Waals surface area (Å²) in [6, 6.07) is 1.69. The van der Waals surface area contributed by atoms with Crippen LogP contribution in [0.25, 0.3) is 0 Å². The Hall–Kier alpha value is -1.66. The number of ether oxygens (including phenoxy) is 1. The maximum atomic E-state index is 11.2. The molecular formula is C13H18N2O4. The predicted octanol–water partition coefficient (Wildman–Crippen LogP) is 1.04. The molecule has 1 saturated heterocycles. The van der Waals surface area contributed by atoms with Crippen molar-refractivity contribution in [1.29, 1.82) is 0 Å². The second kappa shape index (κ2) is 5.54. The van der Waals surface area contributed by atoms with Crippen LogP contribution in [0.4, 0.5) is 5.69 Å². The van der Waals surface area contributed by atoms with E-state index in [9.17, 15) is 15.0 Å². The van der Waals surface area contributed by atoms with Crippen LogP contribution in [0.3, 0.4) is 0 Å². The number of hydrogen-bond donors (Lipinski definition) is 3. The highest BCUT2D eigenvalue weighted by molar-refractivity contribution is 5.94. The molecule has 1 aromatic rings. The molecule has 0 radical (unpaired) electrons. The number of hydrogen-bond acceptors (Lipinski definition) is 5. The van der Waals surface area contributed by atoms with Crippen LogP contribution < -0.4 is 5.32 Å². The van der Waals surface area contributed by atoms with E-state index >= 15 is 0 Å². The van der Waals surface area contributed by atoms with Gasteiger partial charge < -0.3 is 20.3 Å². The van der Waals surface area contributed by atoms with Crippen LogP contribution in [0.15, 0.2) is 12.3 Å². The lowest BCUT2D eigenvalue weighted by Gasteiger charge is -2.37. The zero-order valence-corrected chi connectivity index (χ0v) is 10.8. The number of aryl methyl sites for hydroxylation is 1. The summed E-state index contributed by atoms with van der Waals surface area (Å²) >= 11 is 0. The van der Waals surface area contributed by atoms with Crippen molar-refractivity contribution in [3.05, 3.63) is 23.5 Å². The van der Waals surface area contributed by atoms with Gasteiger partial charge in [0.25, 0.3) is 0 Å². The van der Waals surface area contributed by atoms with E-state index in [0.29, 0.717) is 31.7 Å². The molecule has 0 unspecified atom stereocenters. The Morgan fingerprint density at radius 3 is 2.79 bits per heavy atom. The number of carboxylic acids is 1. The van der Waals surface area contributed by atoms with E-state index in [2.05, 4.69) is 10.3 Å². The van der Waals surface area contributed by atoms with Crippen molar-refractivity contribution in [2.75, 3.05) is 25.1 Å². The predicted molar refractivity (Wildman–Crippen MR) is 69.4 cm³/mol. The van der Waals surface area contributed by atoms with Gasteiger partial charge in [0.2, 0.25) is 0 Å². The lowest BCUT2D eigenvalue weighted by Crippen LogP contribution is -2.47. The van der Waals surface area contributed by atoms with Crippen molar-refractivity contribution < 1.29 is 19.7 Å². The van der Waals surface area contributed by atoms with E-state index in [-0.39, 0.29) is 12.2 Å². The summed E-state index contributed by atoms with van der Waals surface area (Å²) in [4.78, 5) is 15.2. The Labute approximate surface area is 111 Å². The SMILES string of the molecule is Cc1cc(NC2(CO)CCOCC2)c(C(=O)O)cn1. The third kappa shape index (κ3) is 3.02. The van der Waals surface area contributed by atoms with Crippen molar-refractivity contribution in [2.24, 2.45) is 0 Å². The fraction of sp³-hybridized carbons (Fsp3) is 0.538. The van der Waals surface area contributed by atoms with E-state index in [1.807, 2.05) is 0 Å². The molecule has 2 heterocycles. The summed E-state index contributed by atoms with van der Waals surface area (Å²) in [7, 11) is 0. The lowest BCUT2D eigenvalue weighted by atomic mass is 9.90. The summed E-state index contributed by atoms with van der Waals surface area (Å²) < 4.78 is 5.29. The molecule has 0 bridgehead atoms. The van der Waals surface area contributed by atoms with Gasteiger partial charge in [0.1, 0.15) is 5.56 Å². The summed E-state index contributed by atoms with van der Waals surface area (Å²) in [5.41, 5.74) is 0.824. The van der Waals surface area contributed by atoms with Crippen molar-refractivity contribution in [1.82, 2.24) is 4.98 Å². The fourth-order valence-electron chi connectivity index (χ4n) is 2.20. The van der Waals surface area contributed by atoms with E-state index < -0.39 is 11.5 Å². The first-order valence-electron chi connectivity index (χ1n) is 6.23. The number of rotatable bonds is 4. The van der Waals surface area contributed by atoms with E-state index in [0.717, 1.165) is 5.69 Å². The average Bonchev–Trinajstić information content (AvgIpc) is 2.39. The van der Waals surface area contributed by atoms with Crippen LogP contribution in [0.2, 0.25) is 0 Å². The van der Waals surface area contributed by atoms with Gasteiger partial charge in [-0.3, -0.25) is 4.98 Å². The molecule has 3 N–H and O–H groups in total. The smallest absolute Gasteiger partial charge is 0.339 e. The number of aliphatic hydroxyl groups excluding tert-OH is 1. The number of aromatic carboxylic acids is 1. The summed E-state index contributed by atoms with van der Waals surface area (Å²) in [6.45, 7) is 2.85. The fourth-order valence-corrected chi connectivity index (χ4v) is 2.20. The first-order chi connectivity index (χ1) is 9.06. The Bertz CT molecular complexity index is 470. The molecular weight excluding hydrogens is 248 g/mol. The van der Waals surface area contributed by atoms with Gasteiger partial charge in [-0.05, 0) is 25.8 Å². The normalized spacial score (nSPS) is 18.0. The number of carboxylic acid groups (broad SMARTS) is 1. The van der Waals surface area contributed by atoms with Gasteiger partial charge in [-0.25, -0.2) is 4.79 Å². The van der Waals surface area contributed by atoms with Gasteiger partial charge in [0, 0.05) is 25.1 Å². The summed E-state index contributed by atoms with van der Waals surface area (Å²) in [5.74, 6) is -1.03. The van der Waals surface area contributed by atoms with Gasteiger partial charge in [-0.15, -0.1) is 0 Å². The quantitative estimate of drug-likeness (QED) is 0.754. The van der Waals surface area contributed by atoms with Gasteiger partial charge in [0.15, 0.2) is 0 Å². The van der Waals surface area contributed by atoms with Gasteiger partial charge in [-0.1, -0.05) is 0 Å². The van der Waals surface area contributed by atoms with Crippen molar-refractivity contribution in [3.8, 4) is 0 Å². The number of anilines is 1. The molecule has 6 nitrogen and oxygen atoms in total. The second-order valence-corrected chi connectivity index (χ2v) is 4.85. The first-order valence-corrected chi connectivity index (χ1v) is 6.23. The van der Waals surface area contributed by atoms with Crippen LogP contribution in [0, 0.1) is 6.92 Å². The second-order valence-electron chi connectivity index (χ2n) is 4.85. The monoisotopic (exact) mass is 266 g/mol. The molecule has 2 rings (SSSR count). The average molecular weight is 266 g/mol. The number of pyridine rings is 1. The van der Waals surface area contributed by atoms with Gasteiger partial charge in [-0.2, -0.15) is 0 Å². The number of carbonyl (C=O) groups is 1. The van der Waals surface area contributed by atoms with Crippen LogP contribution in [0.1, 0.15) is 28.9 Å². The minimum absolute atomic E-state index is 0.0587. The van der Waals surface area contributed by atoms with E-state index in [1.165, 1.54) is 6.20 Å². The summed E-state index contributed by atoms with van der Waals surface area (Å²) in [6.07, 6.45) is 2.62. The third-order valence-electron chi connectivity index (χ3n) is 3.42. The lowest BCUT2D eigenvalue weighted by molar-refractivity contribution is 0.0379. The number of aliphatic hydroxyl groups is 1. The Morgan fingerprint density at radius 2 is 2.21 bits per heavy atom. The Balaban J connectivity index is 2.30. The number of nitrogens with one attached hydrogen (secondary N) is 1. The minimum Gasteiger partial charge on any atom is -0.478 e. The van der Waals surface area contributed by atoms with Crippen LogP contribution in [-0.4, -0.2) is 46.5 Å². The minimum atomic E-state index is -1.03. The Morgan fingerprint density at radius 1 is 1.53 bits per heavy atom. The number of aromatic nitrogens is 1. The highest BCUT2D eigenvalue weighted by Crippen LogP contribution is 2.27. The molecule has 0 spiro atoms. The molecule has 1 aliphatic rings. The molecule has 0 aliphatic carbocycles. The van der Waals surface area contributed by atoms with Crippen LogP contribution >= 0.6 is 0 Å². The maximum Gasteiger partial charge on any atom is 0.339 e. The highest BCUT2D eigenvalue weighted by Gasteiger charge is 2.32.